The highest BCUT2D eigenvalue weighted by atomic mass is 16.5. The Labute approximate surface area is 195 Å². The lowest BCUT2D eigenvalue weighted by Crippen LogP contribution is -2.41. The summed E-state index contributed by atoms with van der Waals surface area (Å²) in [6.07, 6.45) is 2.19. The first-order chi connectivity index (χ1) is 16.2. The Morgan fingerprint density at radius 3 is 2.45 bits per heavy atom. The van der Waals surface area contributed by atoms with Gasteiger partial charge in [-0.3, -0.25) is 14.7 Å². The lowest BCUT2D eigenvalue weighted by Gasteiger charge is -2.29. The number of aromatic nitrogens is 1. The van der Waals surface area contributed by atoms with Crippen LogP contribution in [0.15, 0.2) is 72.9 Å². The molecule has 4 rings (SSSR count). The van der Waals surface area contributed by atoms with Gasteiger partial charge in [-0.2, -0.15) is 0 Å². The molecule has 0 unspecified atom stereocenters. The van der Waals surface area contributed by atoms with Crippen molar-refractivity contribution in [2.45, 2.75) is 26.0 Å². The van der Waals surface area contributed by atoms with Crippen LogP contribution in [0.5, 0.6) is 5.75 Å². The van der Waals surface area contributed by atoms with Crippen LogP contribution in [0.1, 0.15) is 18.2 Å². The fraction of sp³-hybridized carbons (Fsp3) is 0.333. The van der Waals surface area contributed by atoms with Crippen LogP contribution in [0.4, 0.5) is 0 Å². The molecule has 0 saturated carbocycles. The molecule has 6 nitrogen and oxygen atoms in total. The zero-order valence-electron chi connectivity index (χ0n) is 19.1. The lowest BCUT2D eigenvalue weighted by atomic mass is 10.1. The molecule has 1 aromatic heterocycles. The van der Waals surface area contributed by atoms with Gasteiger partial charge in [0.25, 0.3) is 0 Å². The van der Waals surface area contributed by atoms with Crippen LogP contribution in [0, 0.1) is 0 Å². The molecule has 0 aliphatic carbocycles. The Hall–Kier alpha value is -3.22. The van der Waals surface area contributed by atoms with E-state index in [1.54, 1.807) is 0 Å². The SMILES string of the molecule is C[C@H](CN1CCOCC1)Oc1ccc(-c2ccc(CC(=O)NCc3ccccc3)nc2)cc1. The van der Waals surface area contributed by atoms with Gasteiger partial charge in [0.1, 0.15) is 11.9 Å². The number of carbonyl (C=O) groups excluding carboxylic acids is 1. The van der Waals surface area contributed by atoms with Crippen molar-refractivity contribution >= 4 is 5.91 Å². The van der Waals surface area contributed by atoms with Crippen molar-refractivity contribution in [1.82, 2.24) is 15.2 Å². The summed E-state index contributed by atoms with van der Waals surface area (Å²) in [7, 11) is 0. The first kappa shape index (κ1) is 23.0. The van der Waals surface area contributed by atoms with Crippen molar-refractivity contribution in [3.63, 3.8) is 0 Å². The average molecular weight is 446 g/mol. The van der Waals surface area contributed by atoms with E-state index in [4.69, 9.17) is 9.47 Å². The number of hydrogen-bond donors (Lipinski definition) is 1. The van der Waals surface area contributed by atoms with Crippen molar-refractivity contribution < 1.29 is 14.3 Å². The molecule has 6 heteroatoms. The summed E-state index contributed by atoms with van der Waals surface area (Å²) in [6, 6.07) is 21.9. The Bertz CT molecular complexity index is 1000. The molecule has 0 bridgehead atoms. The van der Waals surface area contributed by atoms with Gasteiger partial charge in [-0.05, 0) is 36.2 Å². The fourth-order valence-corrected chi connectivity index (χ4v) is 3.87. The smallest absolute Gasteiger partial charge is 0.226 e. The second-order valence-electron chi connectivity index (χ2n) is 8.34. The topological polar surface area (TPSA) is 63.7 Å². The zero-order valence-corrected chi connectivity index (χ0v) is 19.1. The molecule has 33 heavy (non-hydrogen) atoms. The highest BCUT2D eigenvalue weighted by Gasteiger charge is 2.14. The fourth-order valence-electron chi connectivity index (χ4n) is 3.87. The van der Waals surface area contributed by atoms with Gasteiger partial charge in [-0.15, -0.1) is 0 Å². The number of ether oxygens (including phenoxy) is 2. The number of carbonyl (C=O) groups is 1. The predicted molar refractivity (Wildman–Crippen MR) is 129 cm³/mol. The molecule has 1 saturated heterocycles. The predicted octanol–water partition coefficient (Wildman–Crippen LogP) is 3.71. The molecule has 1 aliphatic heterocycles. The van der Waals surface area contributed by atoms with E-state index in [9.17, 15) is 4.79 Å². The van der Waals surface area contributed by atoms with E-state index in [2.05, 4.69) is 22.1 Å². The molecule has 0 spiro atoms. The van der Waals surface area contributed by atoms with Crippen LogP contribution in [0.25, 0.3) is 11.1 Å². The Morgan fingerprint density at radius 1 is 1.03 bits per heavy atom. The minimum atomic E-state index is -0.0354. The lowest BCUT2D eigenvalue weighted by molar-refractivity contribution is -0.120. The molecule has 1 atom stereocenters. The van der Waals surface area contributed by atoms with Crippen molar-refractivity contribution in [2.24, 2.45) is 0 Å². The number of nitrogens with one attached hydrogen (secondary N) is 1. The van der Waals surface area contributed by atoms with E-state index in [-0.39, 0.29) is 18.4 Å². The average Bonchev–Trinajstić information content (AvgIpc) is 2.85. The monoisotopic (exact) mass is 445 g/mol. The maximum atomic E-state index is 12.2. The quantitative estimate of drug-likeness (QED) is 0.544. The van der Waals surface area contributed by atoms with E-state index < -0.39 is 0 Å². The summed E-state index contributed by atoms with van der Waals surface area (Å²) in [6.45, 7) is 7.04. The molecule has 0 radical (unpaired) electrons. The van der Waals surface area contributed by atoms with Crippen molar-refractivity contribution in [3.05, 3.63) is 84.2 Å². The number of benzene rings is 2. The minimum absolute atomic E-state index is 0.0354. The summed E-state index contributed by atoms with van der Waals surface area (Å²) in [5.74, 6) is 0.825. The van der Waals surface area contributed by atoms with Crippen molar-refractivity contribution in [2.75, 3.05) is 32.8 Å². The molecule has 1 N–H and O–H groups in total. The van der Waals surface area contributed by atoms with E-state index >= 15 is 0 Å². The number of nitrogens with zero attached hydrogens (tertiary/aromatic N) is 2. The molecule has 2 aromatic carbocycles. The molecule has 3 aromatic rings. The molecule has 1 fully saturated rings. The third kappa shape index (κ3) is 7.14. The van der Waals surface area contributed by atoms with Gasteiger partial charge in [0.2, 0.25) is 5.91 Å². The molecule has 172 valence electrons. The van der Waals surface area contributed by atoms with Crippen LogP contribution in [-0.2, 0) is 22.5 Å². The number of morpholine rings is 1. The van der Waals surface area contributed by atoms with Crippen LogP contribution in [0.2, 0.25) is 0 Å². The van der Waals surface area contributed by atoms with Crippen LogP contribution < -0.4 is 10.1 Å². The highest BCUT2D eigenvalue weighted by Crippen LogP contribution is 2.23. The van der Waals surface area contributed by atoms with Crippen molar-refractivity contribution in [3.8, 4) is 16.9 Å². The summed E-state index contributed by atoms with van der Waals surface area (Å²) >= 11 is 0. The van der Waals surface area contributed by atoms with Crippen molar-refractivity contribution in [1.29, 1.82) is 0 Å². The highest BCUT2D eigenvalue weighted by molar-refractivity contribution is 5.78. The third-order valence-corrected chi connectivity index (χ3v) is 5.64. The van der Waals surface area contributed by atoms with Gasteiger partial charge in [-0.25, -0.2) is 0 Å². The standard InChI is InChI=1S/C27H31N3O3/c1-21(20-30-13-15-32-16-14-30)33-26-11-8-23(9-12-26)24-7-10-25(28-19-24)17-27(31)29-18-22-5-3-2-4-6-22/h2-12,19,21H,13-18,20H2,1H3,(H,29,31)/t21-/m1/s1. The first-order valence-corrected chi connectivity index (χ1v) is 11.5. The first-order valence-electron chi connectivity index (χ1n) is 11.5. The summed E-state index contributed by atoms with van der Waals surface area (Å²) < 4.78 is 11.5. The number of hydrogen-bond acceptors (Lipinski definition) is 5. The largest absolute Gasteiger partial charge is 0.489 e. The molecular formula is C27H31N3O3. The minimum Gasteiger partial charge on any atom is -0.489 e. The number of amides is 1. The number of rotatable bonds is 9. The Balaban J connectivity index is 1.26. The van der Waals surface area contributed by atoms with Gasteiger partial charge in [0, 0.05) is 43.6 Å². The van der Waals surface area contributed by atoms with Crippen LogP contribution in [-0.4, -0.2) is 54.7 Å². The second kappa shape index (κ2) is 11.6. The maximum absolute atomic E-state index is 12.2. The summed E-state index contributed by atoms with van der Waals surface area (Å²) in [5, 5.41) is 2.94. The Kier molecular flexibility index (Phi) is 8.06. The molecule has 1 aliphatic rings. The Morgan fingerprint density at radius 2 is 1.76 bits per heavy atom. The van der Waals surface area contributed by atoms with E-state index in [1.165, 1.54) is 0 Å². The van der Waals surface area contributed by atoms with E-state index in [0.717, 1.165) is 61.0 Å². The molecule has 1 amide bonds. The summed E-state index contributed by atoms with van der Waals surface area (Å²) in [4.78, 5) is 19.1. The molecular weight excluding hydrogens is 414 g/mol. The van der Waals surface area contributed by atoms with Gasteiger partial charge in [0.05, 0.1) is 19.6 Å². The maximum Gasteiger partial charge on any atom is 0.226 e. The van der Waals surface area contributed by atoms with E-state index in [0.29, 0.717) is 6.54 Å². The van der Waals surface area contributed by atoms with E-state index in [1.807, 2.05) is 72.9 Å². The van der Waals surface area contributed by atoms with Crippen LogP contribution in [0.3, 0.4) is 0 Å². The zero-order chi connectivity index (χ0) is 22.9. The van der Waals surface area contributed by atoms with Gasteiger partial charge in [-0.1, -0.05) is 48.5 Å². The second-order valence-corrected chi connectivity index (χ2v) is 8.34. The summed E-state index contributed by atoms with van der Waals surface area (Å²) in [5.41, 5.74) is 3.91. The molecule has 2 heterocycles. The third-order valence-electron chi connectivity index (χ3n) is 5.64. The van der Waals surface area contributed by atoms with Crippen LogP contribution >= 0.6 is 0 Å². The number of pyridine rings is 1. The van der Waals surface area contributed by atoms with Gasteiger partial charge in [0.15, 0.2) is 0 Å². The van der Waals surface area contributed by atoms with Gasteiger partial charge >= 0.3 is 0 Å². The van der Waals surface area contributed by atoms with Gasteiger partial charge < -0.3 is 14.8 Å². The normalized spacial score (nSPS) is 15.1.